The van der Waals surface area contributed by atoms with Gasteiger partial charge in [0, 0.05) is 48.7 Å². The molecule has 2 aliphatic heterocycles. The van der Waals surface area contributed by atoms with Gasteiger partial charge in [0.2, 0.25) is 0 Å². The summed E-state index contributed by atoms with van der Waals surface area (Å²) in [5.74, 6) is 0.0621. The molecule has 2 aliphatic rings. The van der Waals surface area contributed by atoms with Crippen LogP contribution in [0, 0.1) is 0 Å². The lowest BCUT2D eigenvalue weighted by atomic mass is 10.0. The summed E-state index contributed by atoms with van der Waals surface area (Å²) in [7, 11) is 0. The quantitative estimate of drug-likeness (QED) is 0.791. The highest BCUT2D eigenvalue weighted by atomic mass is 16.5. The molecule has 26 heavy (non-hydrogen) atoms. The molecule has 0 amide bonds. The topological polar surface area (TPSA) is 42.0 Å². The number of ether oxygens (including phenoxy) is 2. The van der Waals surface area contributed by atoms with E-state index in [1.165, 1.54) is 0 Å². The number of nitrogens with zero attached hydrogens (tertiary/aromatic N) is 2. The Labute approximate surface area is 154 Å². The minimum atomic E-state index is 0.0621. The molecule has 2 aromatic rings. The zero-order chi connectivity index (χ0) is 17.8. The summed E-state index contributed by atoms with van der Waals surface area (Å²) < 4.78 is 10.8. The first-order valence-corrected chi connectivity index (χ1v) is 9.21. The van der Waals surface area contributed by atoms with Crippen molar-refractivity contribution in [1.82, 2.24) is 0 Å². The van der Waals surface area contributed by atoms with Gasteiger partial charge in [-0.1, -0.05) is 0 Å². The molecule has 5 nitrogen and oxygen atoms in total. The zero-order valence-corrected chi connectivity index (χ0v) is 14.9. The van der Waals surface area contributed by atoms with E-state index in [4.69, 9.17) is 9.47 Å². The maximum absolute atomic E-state index is 12.8. The summed E-state index contributed by atoms with van der Waals surface area (Å²) >= 11 is 0. The Bertz CT molecular complexity index is 667. The molecule has 0 aliphatic carbocycles. The van der Waals surface area contributed by atoms with Crippen LogP contribution in [0.5, 0.6) is 0 Å². The average Bonchev–Trinajstić information content (AvgIpc) is 2.75. The molecule has 0 N–H and O–H groups in total. The van der Waals surface area contributed by atoms with Crippen molar-refractivity contribution < 1.29 is 14.3 Å². The standard InChI is InChI=1S/C21H24N2O3/c24-21(17-1-5-19(6-2-17)22-9-13-25-14-10-22)18-3-7-20(8-4-18)23-11-15-26-16-12-23/h1-8H,9-16H2. The van der Waals surface area contributed by atoms with Gasteiger partial charge in [-0.25, -0.2) is 0 Å². The van der Waals surface area contributed by atoms with E-state index in [1.807, 2.05) is 48.5 Å². The first kappa shape index (κ1) is 17.1. The Morgan fingerprint density at radius 1 is 0.615 bits per heavy atom. The van der Waals surface area contributed by atoms with Crippen LogP contribution in [0.1, 0.15) is 15.9 Å². The second kappa shape index (κ2) is 7.89. The van der Waals surface area contributed by atoms with E-state index in [2.05, 4.69) is 9.80 Å². The van der Waals surface area contributed by atoms with E-state index >= 15 is 0 Å². The highest BCUT2D eigenvalue weighted by Gasteiger charge is 2.15. The number of rotatable bonds is 4. The first-order valence-electron chi connectivity index (χ1n) is 9.21. The van der Waals surface area contributed by atoms with Crippen LogP contribution in [0.15, 0.2) is 48.5 Å². The second-order valence-corrected chi connectivity index (χ2v) is 6.62. The van der Waals surface area contributed by atoms with Crippen molar-refractivity contribution in [1.29, 1.82) is 0 Å². The van der Waals surface area contributed by atoms with Gasteiger partial charge in [-0.2, -0.15) is 0 Å². The van der Waals surface area contributed by atoms with Crippen LogP contribution in [0.2, 0.25) is 0 Å². The third-order valence-electron chi connectivity index (χ3n) is 5.01. The molecule has 0 atom stereocenters. The maximum atomic E-state index is 12.8. The molecular weight excluding hydrogens is 328 g/mol. The molecule has 2 aromatic carbocycles. The molecule has 5 heteroatoms. The van der Waals surface area contributed by atoms with Gasteiger partial charge in [-0.15, -0.1) is 0 Å². The number of ketones is 1. The minimum absolute atomic E-state index is 0.0621. The van der Waals surface area contributed by atoms with Crippen LogP contribution in [0.25, 0.3) is 0 Å². The van der Waals surface area contributed by atoms with Crippen LogP contribution in [-0.2, 0) is 9.47 Å². The van der Waals surface area contributed by atoms with Crippen molar-refractivity contribution in [3.05, 3.63) is 59.7 Å². The summed E-state index contributed by atoms with van der Waals surface area (Å²) in [6.45, 7) is 6.64. The first-order chi connectivity index (χ1) is 12.8. The molecule has 0 radical (unpaired) electrons. The number of carbonyl (C=O) groups excluding carboxylic acids is 1. The molecule has 0 unspecified atom stereocenters. The molecule has 0 saturated carbocycles. The van der Waals surface area contributed by atoms with Gasteiger partial charge in [0.25, 0.3) is 0 Å². The van der Waals surface area contributed by atoms with E-state index < -0.39 is 0 Å². The summed E-state index contributed by atoms with van der Waals surface area (Å²) in [5, 5.41) is 0. The summed E-state index contributed by atoms with van der Waals surface area (Å²) in [4.78, 5) is 17.3. The number of carbonyl (C=O) groups is 1. The van der Waals surface area contributed by atoms with E-state index in [0.717, 1.165) is 75.1 Å². The van der Waals surface area contributed by atoms with Gasteiger partial charge >= 0.3 is 0 Å². The van der Waals surface area contributed by atoms with Gasteiger partial charge in [0.05, 0.1) is 26.4 Å². The van der Waals surface area contributed by atoms with E-state index in [9.17, 15) is 4.79 Å². The molecule has 0 aromatic heterocycles. The van der Waals surface area contributed by atoms with Crippen LogP contribution in [0.4, 0.5) is 11.4 Å². The van der Waals surface area contributed by atoms with Crippen molar-refractivity contribution >= 4 is 17.2 Å². The second-order valence-electron chi connectivity index (χ2n) is 6.62. The number of anilines is 2. The monoisotopic (exact) mass is 352 g/mol. The minimum Gasteiger partial charge on any atom is -0.378 e. The fraction of sp³-hybridized carbons (Fsp3) is 0.381. The Hall–Kier alpha value is -2.37. The van der Waals surface area contributed by atoms with Crippen LogP contribution in [0.3, 0.4) is 0 Å². The normalized spacial score (nSPS) is 18.0. The third kappa shape index (κ3) is 3.74. The third-order valence-corrected chi connectivity index (χ3v) is 5.01. The maximum Gasteiger partial charge on any atom is 0.193 e. The van der Waals surface area contributed by atoms with Crippen LogP contribution in [-0.4, -0.2) is 58.4 Å². The van der Waals surface area contributed by atoms with Crippen molar-refractivity contribution in [3.8, 4) is 0 Å². The van der Waals surface area contributed by atoms with Gasteiger partial charge in [-0.3, -0.25) is 4.79 Å². The Balaban J connectivity index is 1.44. The summed E-state index contributed by atoms with van der Waals surface area (Å²) in [6, 6.07) is 15.8. The number of hydrogen-bond acceptors (Lipinski definition) is 5. The molecule has 2 heterocycles. The van der Waals surface area contributed by atoms with Crippen molar-refractivity contribution in [2.75, 3.05) is 62.4 Å². The smallest absolute Gasteiger partial charge is 0.193 e. The molecule has 0 spiro atoms. The Morgan fingerprint density at radius 2 is 0.962 bits per heavy atom. The largest absolute Gasteiger partial charge is 0.378 e. The van der Waals surface area contributed by atoms with Gasteiger partial charge in [0.1, 0.15) is 0 Å². The highest BCUT2D eigenvalue weighted by Crippen LogP contribution is 2.21. The van der Waals surface area contributed by atoms with Crippen molar-refractivity contribution in [3.63, 3.8) is 0 Å². The number of benzene rings is 2. The number of hydrogen-bond donors (Lipinski definition) is 0. The molecule has 4 rings (SSSR count). The van der Waals surface area contributed by atoms with E-state index in [0.29, 0.717) is 0 Å². The predicted molar refractivity (Wildman–Crippen MR) is 102 cm³/mol. The summed E-state index contributed by atoms with van der Waals surface area (Å²) in [5.41, 5.74) is 3.74. The van der Waals surface area contributed by atoms with Crippen LogP contribution >= 0.6 is 0 Å². The lowest BCUT2D eigenvalue weighted by molar-refractivity contribution is 0.103. The molecule has 2 saturated heterocycles. The predicted octanol–water partition coefficient (Wildman–Crippen LogP) is 2.59. The highest BCUT2D eigenvalue weighted by molar-refractivity contribution is 6.09. The molecule has 2 fully saturated rings. The zero-order valence-electron chi connectivity index (χ0n) is 14.9. The fourth-order valence-electron chi connectivity index (χ4n) is 3.46. The van der Waals surface area contributed by atoms with E-state index in [-0.39, 0.29) is 5.78 Å². The molecule has 0 bridgehead atoms. The van der Waals surface area contributed by atoms with Crippen LogP contribution < -0.4 is 9.80 Å². The summed E-state index contributed by atoms with van der Waals surface area (Å²) in [6.07, 6.45) is 0. The Morgan fingerprint density at radius 3 is 1.31 bits per heavy atom. The SMILES string of the molecule is O=C(c1ccc(N2CCOCC2)cc1)c1ccc(N2CCOCC2)cc1. The fourth-order valence-corrected chi connectivity index (χ4v) is 3.46. The van der Waals surface area contributed by atoms with E-state index in [1.54, 1.807) is 0 Å². The van der Waals surface area contributed by atoms with Gasteiger partial charge in [-0.05, 0) is 48.5 Å². The van der Waals surface area contributed by atoms with Crippen molar-refractivity contribution in [2.24, 2.45) is 0 Å². The molecular formula is C21H24N2O3. The average molecular weight is 352 g/mol. The number of morpholine rings is 2. The van der Waals surface area contributed by atoms with Gasteiger partial charge in [0.15, 0.2) is 5.78 Å². The Kier molecular flexibility index (Phi) is 5.18. The van der Waals surface area contributed by atoms with Crippen molar-refractivity contribution in [2.45, 2.75) is 0 Å². The lowest BCUT2D eigenvalue weighted by Crippen LogP contribution is -2.36. The van der Waals surface area contributed by atoms with Gasteiger partial charge < -0.3 is 19.3 Å². The lowest BCUT2D eigenvalue weighted by Gasteiger charge is -2.29. The molecule has 136 valence electrons.